The van der Waals surface area contributed by atoms with Gasteiger partial charge in [-0.15, -0.1) is 0 Å². The fourth-order valence-corrected chi connectivity index (χ4v) is 5.52. The molecule has 0 aromatic rings. The van der Waals surface area contributed by atoms with Gasteiger partial charge in [-0.05, 0) is 60.3 Å². The van der Waals surface area contributed by atoms with Crippen molar-refractivity contribution in [3.63, 3.8) is 0 Å². The van der Waals surface area contributed by atoms with E-state index in [1.54, 1.807) is 0 Å². The molecule has 3 aliphatic rings. The van der Waals surface area contributed by atoms with E-state index in [-0.39, 0.29) is 16.7 Å². The molecular formula is C20H28O4. The molecule has 1 heterocycles. The van der Waals surface area contributed by atoms with Gasteiger partial charge in [-0.25, -0.2) is 4.79 Å². The number of carbonyl (C=O) groups is 2. The second-order valence-electron chi connectivity index (χ2n) is 8.56. The topological polar surface area (TPSA) is 63.6 Å². The van der Waals surface area contributed by atoms with Gasteiger partial charge in [0.15, 0.2) is 0 Å². The first-order chi connectivity index (χ1) is 11.3. The van der Waals surface area contributed by atoms with Crippen LogP contribution in [-0.2, 0) is 14.3 Å². The molecule has 2 aliphatic carbocycles. The van der Waals surface area contributed by atoms with Gasteiger partial charge in [0.05, 0.1) is 0 Å². The first-order valence-electron chi connectivity index (χ1n) is 9.02. The molecule has 4 atom stereocenters. The first-order valence-corrected chi connectivity index (χ1v) is 9.02. The quantitative estimate of drug-likeness (QED) is 0.632. The number of rotatable bonds is 4. The highest BCUT2D eigenvalue weighted by atomic mass is 16.6. The number of allylic oxidation sites excluding steroid dienone is 2. The highest BCUT2D eigenvalue weighted by molar-refractivity contribution is 5.85. The molecule has 24 heavy (non-hydrogen) atoms. The second-order valence-corrected chi connectivity index (χ2v) is 8.56. The number of aliphatic hydroxyl groups excluding tert-OH is 1. The lowest BCUT2D eigenvalue weighted by Crippen LogP contribution is -2.48. The number of aldehydes is 1. The van der Waals surface area contributed by atoms with E-state index < -0.39 is 12.3 Å². The molecule has 0 spiro atoms. The first kappa shape index (κ1) is 17.4. The van der Waals surface area contributed by atoms with Crippen LogP contribution in [0.1, 0.15) is 59.3 Å². The number of fused-ring (bicyclic) bond motifs is 1. The SMILES string of the molecule is CC1(C)CCC[C@@]2(C)[C@H](CCC3=CC(=O)O[C@H]3O)C(C=O)=CC[C@H]12. The van der Waals surface area contributed by atoms with Crippen molar-refractivity contribution in [1.29, 1.82) is 0 Å². The van der Waals surface area contributed by atoms with Crippen LogP contribution in [0.4, 0.5) is 0 Å². The van der Waals surface area contributed by atoms with Crippen LogP contribution in [0.3, 0.4) is 0 Å². The Labute approximate surface area is 144 Å². The molecule has 132 valence electrons. The van der Waals surface area contributed by atoms with Crippen LogP contribution in [0.5, 0.6) is 0 Å². The normalized spacial score (nSPS) is 38.0. The minimum Gasteiger partial charge on any atom is -0.429 e. The van der Waals surface area contributed by atoms with E-state index >= 15 is 0 Å². The molecule has 4 nitrogen and oxygen atoms in total. The monoisotopic (exact) mass is 332 g/mol. The van der Waals surface area contributed by atoms with Crippen molar-refractivity contribution in [3.05, 3.63) is 23.3 Å². The van der Waals surface area contributed by atoms with Crippen LogP contribution in [0.2, 0.25) is 0 Å². The Morgan fingerprint density at radius 3 is 2.71 bits per heavy atom. The summed E-state index contributed by atoms with van der Waals surface area (Å²) in [5.74, 6) is 0.264. The van der Waals surface area contributed by atoms with E-state index in [0.717, 1.165) is 31.1 Å². The van der Waals surface area contributed by atoms with Crippen molar-refractivity contribution in [3.8, 4) is 0 Å². The van der Waals surface area contributed by atoms with E-state index in [1.807, 2.05) is 0 Å². The fourth-order valence-electron chi connectivity index (χ4n) is 5.52. The van der Waals surface area contributed by atoms with Crippen LogP contribution in [-0.4, -0.2) is 23.7 Å². The van der Waals surface area contributed by atoms with E-state index in [2.05, 4.69) is 26.8 Å². The van der Waals surface area contributed by atoms with Crippen molar-refractivity contribution >= 4 is 12.3 Å². The van der Waals surface area contributed by atoms with Crippen LogP contribution in [0.15, 0.2) is 23.3 Å². The highest BCUT2D eigenvalue weighted by Gasteiger charge is 2.52. The van der Waals surface area contributed by atoms with Crippen molar-refractivity contribution in [1.82, 2.24) is 0 Å². The summed E-state index contributed by atoms with van der Waals surface area (Å²) in [6.45, 7) is 7.03. The van der Waals surface area contributed by atoms with Gasteiger partial charge in [0.1, 0.15) is 6.29 Å². The zero-order valence-electron chi connectivity index (χ0n) is 14.9. The molecule has 0 aromatic carbocycles. The van der Waals surface area contributed by atoms with Crippen molar-refractivity contribution < 1.29 is 19.4 Å². The molecule has 0 amide bonds. The third-order valence-corrected chi connectivity index (χ3v) is 6.77. The zero-order chi connectivity index (χ0) is 17.5. The molecule has 1 fully saturated rings. The number of aliphatic hydroxyl groups is 1. The Hall–Kier alpha value is -1.42. The van der Waals surface area contributed by atoms with Gasteiger partial charge in [0.2, 0.25) is 6.29 Å². The number of hydrogen-bond acceptors (Lipinski definition) is 4. The fraction of sp³-hybridized carbons (Fsp3) is 0.700. The standard InChI is InChI=1S/C20H28O4/c1-19(2)9-4-10-20(3)15(14(12-21)6-8-16(19)20)7-5-13-11-17(22)24-18(13)23/h6,11-12,15-16,18,23H,4-5,7-10H2,1-3H3/t15-,16-,18-,20+/m1/s1. The van der Waals surface area contributed by atoms with E-state index in [1.165, 1.54) is 18.9 Å². The van der Waals surface area contributed by atoms with Crippen molar-refractivity contribution in [2.45, 2.75) is 65.6 Å². The maximum atomic E-state index is 11.6. The maximum absolute atomic E-state index is 11.6. The minimum absolute atomic E-state index is 0.0989. The summed E-state index contributed by atoms with van der Waals surface area (Å²) in [7, 11) is 0. The summed E-state index contributed by atoms with van der Waals surface area (Å²) in [5.41, 5.74) is 1.90. The van der Waals surface area contributed by atoms with Gasteiger partial charge < -0.3 is 9.84 Å². The van der Waals surface area contributed by atoms with Gasteiger partial charge in [-0.1, -0.05) is 33.3 Å². The van der Waals surface area contributed by atoms with Crippen LogP contribution >= 0.6 is 0 Å². The average Bonchev–Trinajstić information content (AvgIpc) is 2.82. The lowest BCUT2D eigenvalue weighted by molar-refractivity contribution is -0.151. The van der Waals surface area contributed by atoms with Crippen LogP contribution < -0.4 is 0 Å². The Bertz CT molecular complexity index is 601. The predicted octanol–water partition coefficient (Wildman–Crippen LogP) is 3.55. The smallest absolute Gasteiger partial charge is 0.333 e. The molecule has 0 unspecified atom stereocenters. The predicted molar refractivity (Wildman–Crippen MR) is 90.9 cm³/mol. The van der Waals surface area contributed by atoms with Crippen LogP contribution in [0.25, 0.3) is 0 Å². The number of ether oxygens (including phenoxy) is 1. The number of carbonyl (C=O) groups excluding carboxylic acids is 2. The Morgan fingerprint density at radius 1 is 1.33 bits per heavy atom. The van der Waals surface area contributed by atoms with Gasteiger partial charge in [-0.2, -0.15) is 0 Å². The number of hydrogen-bond donors (Lipinski definition) is 1. The average molecular weight is 332 g/mol. The summed E-state index contributed by atoms with van der Waals surface area (Å²) < 4.78 is 4.77. The van der Waals surface area contributed by atoms with Gasteiger partial charge in [-0.3, -0.25) is 4.79 Å². The van der Waals surface area contributed by atoms with E-state index in [4.69, 9.17) is 4.74 Å². The lowest BCUT2D eigenvalue weighted by atomic mass is 9.48. The largest absolute Gasteiger partial charge is 0.429 e. The molecule has 1 N–H and O–H groups in total. The van der Waals surface area contributed by atoms with Crippen molar-refractivity contribution in [2.24, 2.45) is 22.7 Å². The molecule has 3 rings (SSSR count). The summed E-state index contributed by atoms with van der Waals surface area (Å²) in [4.78, 5) is 22.9. The second kappa shape index (κ2) is 6.14. The third kappa shape index (κ3) is 2.85. The molecular weight excluding hydrogens is 304 g/mol. The summed E-state index contributed by atoms with van der Waals surface area (Å²) in [5, 5.41) is 9.80. The molecule has 4 heteroatoms. The van der Waals surface area contributed by atoms with Crippen LogP contribution in [0, 0.1) is 22.7 Å². The summed E-state index contributed by atoms with van der Waals surface area (Å²) in [6, 6.07) is 0. The Morgan fingerprint density at radius 2 is 2.08 bits per heavy atom. The number of cyclic esters (lactones) is 1. The minimum atomic E-state index is -1.11. The van der Waals surface area contributed by atoms with Crippen molar-refractivity contribution in [2.75, 3.05) is 0 Å². The Kier molecular flexibility index (Phi) is 4.45. The van der Waals surface area contributed by atoms with Gasteiger partial charge in [0, 0.05) is 11.6 Å². The zero-order valence-corrected chi connectivity index (χ0v) is 14.9. The molecule has 0 aromatic heterocycles. The third-order valence-electron chi connectivity index (χ3n) is 6.77. The summed E-state index contributed by atoms with van der Waals surface area (Å²) in [6.07, 6.45) is 9.30. The molecule has 1 saturated carbocycles. The molecule has 0 bridgehead atoms. The highest BCUT2D eigenvalue weighted by Crippen LogP contribution is 2.60. The van der Waals surface area contributed by atoms with E-state index in [0.29, 0.717) is 17.9 Å². The summed E-state index contributed by atoms with van der Waals surface area (Å²) >= 11 is 0. The van der Waals surface area contributed by atoms with Gasteiger partial charge >= 0.3 is 5.97 Å². The molecule has 0 radical (unpaired) electrons. The molecule has 1 aliphatic heterocycles. The number of esters is 1. The van der Waals surface area contributed by atoms with E-state index in [9.17, 15) is 14.7 Å². The lowest BCUT2D eigenvalue weighted by Gasteiger charge is -2.56. The molecule has 0 saturated heterocycles. The Balaban J connectivity index is 1.84. The van der Waals surface area contributed by atoms with Gasteiger partial charge in [0.25, 0.3) is 0 Å². The maximum Gasteiger partial charge on any atom is 0.333 e.